The van der Waals surface area contributed by atoms with Gasteiger partial charge in [-0.25, -0.2) is 0 Å². The second kappa shape index (κ2) is 18.2. The van der Waals surface area contributed by atoms with Crippen LogP contribution in [0.1, 0.15) is 78.1 Å². The van der Waals surface area contributed by atoms with Crippen LogP contribution in [0.4, 0.5) is 0 Å². The zero-order chi connectivity index (χ0) is 47.4. The van der Waals surface area contributed by atoms with Crippen molar-refractivity contribution in [2.45, 2.75) is 201 Å². The van der Waals surface area contributed by atoms with Gasteiger partial charge in [0.05, 0.1) is 37.9 Å². The fourth-order valence-electron chi connectivity index (χ4n) is 14.3. The van der Waals surface area contributed by atoms with E-state index in [2.05, 4.69) is 13.5 Å². The number of carbonyl (C=O) groups is 1. The maximum absolute atomic E-state index is 14.2. The summed E-state index contributed by atoms with van der Waals surface area (Å²) in [6, 6.07) is 0. The molecule has 1 spiro atoms. The van der Waals surface area contributed by atoms with Crippen LogP contribution in [0.2, 0.25) is 0 Å². The first-order chi connectivity index (χ1) is 31.3. The molecule has 5 heterocycles. The Labute approximate surface area is 382 Å². The van der Waals surface area contributed by atoms with Crippen LogP contribution in [0.5, 0.6) is 0 Å². The Hall–Kier alpha value is -1.55. The average Bonchev–Trinajstić information content (AvgIpc) is 4.07. The van der Waals surface area contributed by atoms with E-state index in [1.165, 1.54) is 0 Å². The van der Waals surface area contributed by atoms with E-state index < -0.39 is 159 Å². The van der Waals surface area contributed by atoms with Crippen molar-refractivity contribution < 1.29 is 104 Å². The Bertz CT molecular complexity index is 1770. The van der Waals surface area contributed by atoms with Gasteiger partial charge in [0, 0.05) is 0 Å². The van der Waals surface area contributed by atoms with E-state index in [-0.39, 0.29) is 35.7 Å². The van der Waals surface area contributed by atoms with Crippen LogP contribution in [0.3, 0.4) is 0 Å². The van der Waals surface area contributed by atoms with Crippen molar-refractivity contribution >= 4 is 5.97 Å². The molecule has 0 aromatic heterocycles. The SMILES string of the molecule is C=C1C[C@@]23CC[C@H]4[C@@](C)(CCC[C@@]4(C)C(=O)OC4OC(CO)C(O)C(O)C4O)[C@@H]2CC[C@]1(CC1OC(CO)C(O)C(O)C1OC1OC(COC2OC(CO)C4OC4C2O)C(O)C(O)C1O)C3. The third-order valence-corrected chi connectivity index (χ3v) is 17.9. The molecule has 66 heavy (non-hydrogen) atoms. The number of fused-ring (bicyclic) bond motifs is 4. The van der Waals surface area contributed by atoms with Gasteiger partial charge in [0.1, 0.15) is 97.7 Å². The maximum Gasteiger partial charge on any atom is 0.314 e. The first kappa shape index (κ1) is 49.4. The van der Waals surface area contributed by atoms with Gasteiger partial charge >= 0.3 is 5.97 Å². The standard InChI is InChI=1S/C45H70O21/c1-18-11-45-10-5-24-42(2,7-4-8-43(24,3)41(58)66-40-33(56)29(52)26(49)21(14-47)61-40)25(45)6-9-44(18,17-45)12-19-35(31(54)27(50)20(13-46)60-19)65-39-32(55)30(53)28(51)23(63-39)16-59-38-34(57)37-36(64-37)22(15-48)62-38/h19-40,46-57H,1,4-17H2,2-3H3/t19?,20?,21?,22?,23?,24-,25-,26?,27?,28?,29?,30?,31?,32?,33?,34?,35?,36?,37?,38?,39?,40?,42+,43+,44-,45+/m0/s1. The van der Waals surface area contributed by atoms with Gasteiger partial charge < -0.3 is 99.2 Å². The lowest BCUT2D eigenvalue weighted by Gasteiger charge is -2.64. The van der Waals surface area contributed by atoms with Crippen LogP contribution in [0.25, 0.3) is 0 Å². The van der Waals surface area contributed by atoms with Crippen LogP contribution in [-0.4, -0.2) is 216 Å². The minimum absolute atomic E-state index is 0.114. The minimum Gasteiger partial charge on any atom is -0.432 e. The van der Waals surface area contributed by atoms with Gasteiger partial charge in [0.15, 0.2) is 12.6 Å². The van der Waals surface area contributed by atoms with Gasteiger partial charge in [0.25, 0.3) is 0 Å². The van der Waals surface area contributed by atoms with Gasteiger partial charge in [0.2, 0.25) is 6.29 Å². The van der Waals surface area contributed by atoms with E-state index >= 15 is 0 Å². The lowest BCUT2D eigenvalue weighted by molar-refractivity contribution is -0.349. The number of epoxide rings is 1. The van der Waals surface area contributed by atoms with Crippen molar-refractivity contribution in [2.75, 3.05) is 26.4 Å². The van der Waals surface area contributed by atoms with Crippen molar-refractivity contribution in [3.05, 3.63) is 12.2 Å². The van der Waals surface area contributed by atoms with E-state index in [9.17, 15) is 66.1 Å². The fourth-order valence-corrected chi connectivity index (χ4v) is 14.3. The van der Waals surface area contributed by atoms with Crippen molar-refractivity contribution in [3.8, 4) is 0 Å². The molecule has 376 valence electrons. The fraction of sp³-hybridized carbons (Fsp3) is 0.933. The van der Waals surface area contributed by atoms with E-state index in [0.29, 0.717) is 32.1 Å². The Morgan fingerprint density at radius 1 is 0.621 bits per heavy atom. The molecule has 9 aliphatic rings. The molecule has 0 aromatic carbocycles. The smallest absolute Gasteiger partial charge is 0.314 e. The molecule has 20 unspecified atom stereocenters. The van der Waals surface area contributed by atoms with Gasteiger partial charge in [-0.05, 0) is 92.8 Å². The van der Waals surface area contributed by atoms with Crippen LogP contribution >= 0.6 is 0 Å². The molecule has 2 bridgehead atoms. The van der Waals surface area contributed by atoms with Crippen LogP contribution in [0.15, 0.2) is 12.2 Å². The number of rotatable bonds is 12. The normalized spacial score (nSPS) is 55.6. The molecule has 5 aliphatic heterocycles. The predicted molar refractivity (Wildman–Crippen MR) is 219 cm³/mol. The molecular weight excluding hydrogens is 876 g/mol. The second-order valence-electron chi connectivity index (χ2n) is 21.5. The highest BCUT2D eigenvalue weighted by Gasteiger charge is 2.69. The summed E-state index contributed by atoms with van der Waals surface area (Å²) in [6.07, 6.45) is -20.7. The molecule has 26 atom stereocenters. The number of aliphatic hydroxyl groups is 12. The number of ether oxygens (including phenoxy) is 8. The molecule has 9 fully saturated rings. The highest BCUT2D eigenvalue weighted by Crippen LogP contribution is 2.75. The summed E-state index contributed by atoms with van der Waals surface area (Å²) >= 11 is 0. The Morgan fingerprint density at radius 2 is 1.23 bits per heavy atom. The van der Waals surface area contributed by atoms with E-state index in [4.69, 9.17) is 37.9 Å². The second-order valence-corrected chi connectivity index (χ2v) is 21.5. The molecule has 5 saturated heterocycles. The molecule has 12 N–H and O–H groups in total. The molecule has 0 amide bonds. The first-order valence-electron chi connectivity index (χ1n) is 23.7. The third kappa shape index (κ3) is 8.02. The molecule has 21 nitrogen and oxygen atoms in total. The maximum atomic E-state index is 14.2. The molecule has 9 rings (SSSR count). The number of aliphatic hydroxyl groups excluding tert-OH is 12. The Balaban J connectivity index is 0.903. The largest absolute Gasteiger partial charge is 0.432 e. The van der Waals surface area contributed by atoms with Crippen LogP contribution in [-0.2, 0) is 42.7 Å². The summed E-state index contributed by atoms with van der Waals surface area (Å²) in [5.74, 6) is -0.526. The number of esters is 1. The molecule has 4 aliphatic carbocycles. The van der Waals surface area contributed by atoms with Crippen molar-refractivity contribution in [2.24, 2.45) is 33.5 Å². The molecule has 0 radical (unpaired) electrons. The van der Waals surface area contributed by atoms with E-state index in [1.807, 2.05) is 6.92 Å². The quantitative estimate of drug-likeness (QED) is 0.0515. The van der Waals surface area contributed by atoms with E-state index in [1.54, 1.807) is 0 Å². The number of carbonyl (C=O) groups excluding carboxylic acids is 1. The van der Waals surface area contributed by atoms with Gasteiger partial charge in [-0.1, -0.05) is 25.5 Å². The number of hydrogen-bond donors (Lipinski definition) is 12. The van der Waals surface area contributed by atoms with Gasteiger partial charge in [-0.15, -0.1) is 0 Å². The summed E-state index contributed by atoms with van der Waals surface area (Å²) in [5, 5.41) is 127. The van der Waals surface area contributed by atoms with E-state index in [0.717, 1.165) is 31.3 Å². The average molecular weight is 947 g/mol. The summed E-state index contributed by atoms with van der Waals surface area (Å²) in [5.41, 5.74) is -1.06. The lowest BCUT2D eigenvalue weighted by atomic mass is 9.40. The zero-order valence-corrected chi connectivity index (χ0v) is 37.3. The molecule has 21 heteroatoms. The van der Waals surface area contributed by atoms with Crippen molar-refractivity contribution in [1.29, 1.82) is 0 Å². The number of allylic oxidation sites excluding steroid dienone is 1. The molecular formula is C45H70O21. The van der Waals surface area contributed by atoms with Crippen LogP contribution < -0.4 is 0 Å². The molecule has 4 saturated carbocycles. The predicted octanol–water partition coefficient (Wildman–Crippen LogP) is -3.40. The monoisotopic (exact) mass is 946 g/mol. The van der Waals surface area contributed by atoms with Crippen LogP contribution in [0, 0.1) is 33.5 Å². The summed E-state index contributed by atoms with van der Waals surface area (Å²) < 4.78 is 46.7. The Morgan fingerprint density at radius 3 is 1.92 bits per heavy atom. The third-order valence-electron chi connectivity index (χ3n) is 17.9. The molecule has 0 aromatic rings. The topological polar surface area (TPSA) is 337 Å². The summed E-state index contributed by atoms with van der Waals surface area (Å²) in [4.78, 5) is 14.2. The van der Waals surface area contributed by atoms with Crippen molar-refractivity contribution in [3.63, 3.8) is 0 Å². The first-order valence-corrected chi connectivity index (χ1v) is 23.7. The Kier molecular flexibility index (Phi) is 13.7. The van der Waals surface area contributed by atoms with Crippen molar-refractivity contribution in [1.82, 2.24) is 0 Å². The highest BCUT2D eigenvalue weighted by atomic mass is 16.8. The summed E-state index contributed by atoms with van der Waals surface area (Å²) in [7, 11) is 0. The number of hydrogen-bond acceptors (Lipinski definition) is 21. The van der Waals surface area contributed by atoms with Gasteiger partial charge in [-0.3, -0.25) is 4.79 Å². The zero-order valence-electron chi connectivity index (χ0n) is 37.3. The summed E-state index contributed by atoms with van der Waals surface area (Å²) in [6.45, 7) is 6.63. The minimum atomic E-state index is -1.84. The lowest BCUT2D eigenvalue weighted by Crippen LogP contribution is -2.65. The van der Waals surface area contributed by atoms with Gasteiger partial charge in [-0.2, -0.15) is 0 Å². The highest BCUT2D eigenvalue weighted by molar-refractivity contribution is 5.77.